The highest BCUT2D eigenvalue weighted by Crippen LogP contribution is 2.38. The Morgan fingerprint density at radius 2 is 2.07 bits per heavy atom. The predicted octanol–water partition coefficient (Wildman–Crippen LogP) is 4.09. The van der Waals surface area contributed by atoms with Gasteiger partial charge in [-0.2, -0.15) is 8.78 Å². The fraction of sp³-hybridized carbons (Fsp3) is 0.500. The minimum Gasteiger partial charge on any atom is -0.323 e. The lowest BCUT2D eigenvalue weighted by atomic mass is 9.77. The Bertz CT molecular complexity index is 800. The van der Waals surface area contributed by atoms with Crippen LogP contribution >= 0.6 is 23.4 Å². The first-order valence-electron chi connectivity index (χ1n) is 8.89. The zero-order valence-corrected chi connectivity index (χ0v) is 16.7. The van der Waals surface area contributed by atoms with E-state index in [0.717, 1.165) is 17.7 Å². The first-order valence-corrected chi connectivity index (χ1v) is 10.1. The highest BCUT2D eigenvalue weighted by atomic mass is 35.5. The molecule has 0 radical (unpaired) electrons. The highest BCUT2D eigenvalue weighted by Gasteiger charge is 2.52. The van der Waals surface area contributed by atoms with Crippen LogP contribution in [0.3, 0.4) is 0 Å². The number of alkyl halides is 2. The number of carbonyl (C=O) groups is 3. The van der Waals surface area contributed by atoms with Crippen molar-refractivity contribution in [3.05, 3.63) is 23.2 Å². The average Bonchev–Trinajstić information content (AvgIpc) is 2.85. The molecule has 0 unspecified atom stereocenters. The number of anilines is 1. The van der Waals surface area contributed by atoms with Crippen molar-refractivity contribution >= 4 is 46.9 Å². The Balaban J connectivity index is 1.70. The molecule has 2 fully saturated rings. The number of thioether (sulfide) groups is 1. The summed E-state index contributed by atoms with van der Waals surface area (Å²) >= 11 is 6.16. The van der Waals surface area contributed by atoms with Crippen LogP contribution in [0.2, 0.25) is 5.02 Å². The Labute approximate surface area is 170 Å². The van der Waals surface area contributed by atoms with E-state index in [9.17, 15) is 23.2 Å². The number of amides is 4. The molecule has 1 aliphatic carbocycles. The van der Waals surface area contributed by atoms with Crippen molar-refractivity contribution < 1.29 is 23.2 Å². The Morgan fingerprint density at radius 1 is 1.39 bits per heavy atom. The first kappa shape index (κ1) is 20.9. The molecule has 1 heterocycles. The average molecular weight is 432 g/mol. The fourth-order valence-electron chi connectivity index (χ4n) is 3.56. The maximum Gasteiger partial charge on any atom is 0.325 e. The summed E-state index contributed by atoms with van der Waals surface area (Å²) in [7, 11) is 0. The molecule has 2 aliphatic rings. The second-order valence-electron chi connectivity index (χ2n) is 7.13. The van der Waals surface area contributed by atoms with Crippen molar-refractivity contribution in [2.24, 2.45) is 5.92 Å². The van der Waals surface area contributed by atoms with Gasteiger partial charge in [-0.15, -0.1) is 0 Å². The topological polar surface area (TPSA) is 78.5 Å². The molecule has 1 spiro atoms. The molecule has 6 nitrogen and oxygen atoms in total. The number of hydrogen-bond acceptors (Lipinski definition) is 4. The fourth-order valence-corrected chi connectivity index (χ4v) is 4.48. The molecule has 0 bridgehead atoms. The van der Waals surface area contributed by atoms with Crippen molar-refractivity contribution in [1.29, 1.82) is 0 Å². The number of hydrogen-bond donors (Lipinski definition) is 2. The van der Waals surface area contributed by atoms with Crippen LogP contribution in [0.1, 0.15) is 32.6 Å². The summed E-state index contributed by atoms with van der Waals surface area (Å²) in [6.07, 6.45) is 2.73. The quantitative estimate of drug-likeness (QED) is 0.543. The van der Waals surface area contributed by atoms with Crippen LogP contribution in [-0.2, 0) is 9.59 Å². The minimum atomic E-state index is -2.71. The third-order valence-corrected chi connectivity index (χ3v) is 6.40. The summed E-state index contributed by atoms with van der Waals surface area (Å²) in [5.41, 5.74) is -0.826. The van der Waals surface area contributed by atoms with Gasteiger partial charge in [-0.05, 0) is 43.7 Å². The summed E-state index contributed by atoms with van der Waals surface area (Å²) in [4.78, 5) is 38.4. The summed E-state index contributed by atoms with van der Waals surface area (Å²) in [6, 6.07) is 3.78. The molecule has 1 saturated carbocycles. The van der Waals surface area contributed by atoms with Crippen molar-refractivity contribution in [3.8, 4) is 0 Å². The van der Waals surface area contributed by atoms with Gasteiger partial charge in [0.2, 0.25) is 5.91 Å². The van der Waals surface area contributed by atoms with Gasteiger partial charge in [0.05, 0.1) is 15.6 Å². The number of urea groups is 1. The van der Waals surface area contributed by atoms with Gasteiger partial charge in [-0.3, -0.25) is 14.5 Å². The highest BCUT2D eigenvalue weighted by molar-refractivity contribution is 7.99. The Morgan fingerprint density at radius 3 is 2.71 bits per heavy atom. The molecule has 0 aromatic heterocycles. The number of rotatable bonds is 5. The predicted molar refractivity (Wildman–Crippen MR) is 103 cm³/mol. The van der Waals surface area contributed by atoms with Crippen molar-refractivity contribution in [1.82, 2.24) is 10.2 Å². The number of imide groups is 1. The number of nitrogens with one attached hydrogen (secondary N) is 2. The van der Waals surface area contributed by atoms with Gasteiger partial charge in [-0.1, -0.05) is 36.4 Å². The second-order valence-corrected chi connectivity index (χ2v) is 8.54. The van der Waals surface area contributed by atoms with Crippen LogP contribution in [0.25, 0.3) is 0 Å². The maximum atomic E-state index is 12.8. The molecule has 3 rings (SSSR count). The smallest absolute Gasteiger partial charge is 0.323 e. The van der Waals surface area contributed by atoms with E-state index in [1.54, 1.807) is 0 Å². The van der Waals surface area contributed by atoms with Gasteiger partial charge < -0.3 is 10.6 Å². The number of halogens is 3. The molecule has 0 atom stereocenters. The van der Waals surface area contributed by atoms with E-state index >= 15 is 0 Å². The normalized spacial score (nSPS) is 24.8. The van der Waals surface area contributed by atoms with E-state index in [2.05, 4.69) is 17.6 Å². The lowest BCUT2D eigenvalue weighted by Gasteiger charge is -2.33. The van der Waals surface area contributed by atoms with Crippen LogP contribution in [0.5, 0.6) is 0 Å². The van der Waals surface area contributed by atoms with Crippen molar-refractivity contribution in [2.45, 2.75) is 48.8 Å². The summed E-state index contributed by atoms with van der Waals surface area (Å²) in [6.45, 7) is 1.60. The molecular weight excluding hydrogens is 412 g/mol. The standard InChI is InChI=1S/C18H20ClF2N3O3S/c1-10-5-7-18(8-6-10)15(26)24(17(27)23-18)9-13(25)22-12-4-2-3-11(19)14(12)28-16(20)21/h2-4,10,16H,5-9H2,1H3,(H,22,25)(H,23,27). The molecule has 1 aromatic rings. The number of carbonyl (C=O) groups excluding carboxylic acids is 3. The zero-order valence-electron chi connectivity index (χ0n) is 15.1. The minimum absolute atomic E-state index is 0.0301. The molecule has 28 heavy (non-hydrogen) atoms. The van der Waals surface area contributed by atoms with Crippen LogP contribution < -0.4 is 10.6 Å². The van der Waals surface area contributed by atoms with Gasteiger partial charge >= 0.3 is 6.03 Å². The number of nitrogens with zero attached hydrogens (tertiary/aromatic N) is 1. The van der Waals surface area contributed by atoms with Gasteiger partial charge in [0.15, 0.2) is 0 Å². The van der Waals surface area contributed by atoms with Crippen molar-refractivity contribution in [3.63, 3.8) is 0 Å². The SMILES string of the molecule is CC1CCC2(CC1)NC(=O)N(CC(=O)Nc1cccc(Cl)c1SC(F)F)C2=O. The van der Waals surface area contributed by atoms with E-state index in [-0.39, 0.29) is 27.4 Å². The Hall–Kier alpha value is -1.87. The molecule has 10 heteroatoms. The largest absolute Gasteiger partial charge is 0.325 e. The molecular formula is C18H20ClF2N3O3S. The van der Waals surface area contributed by atoms with E-state index in [0.29, 0.717) is 18.8 Å². The van der Waals surface area contributed by atoms with Gasteiger partial charge in [0.1, 0.15) is 12.1 Å². The van der Waals surface area contributed by atoms with Crippen LogP contribution in [0.15, 0.2) is 23.1 Å². The summed E-state index contributed by atoms with van der Waals surface area (Å²) in [5.74, 6) is -3.30. The van der Waals surface area contributed by atoms with E-state index in [1.807, 2.05) is 0 Å². The van der Waals surface area contributed by atoms with Gasteiger partial charge in [0, 0.05) is 0 Å². The summed E-state index contributed by atoms with van der Waals surface area (Å²) < 4.78 is 25.5. The van der Waals surface area contributed by atoms with Gasteiger partial charge in [-0.25, -0.2) is 4.79 Å². The maximum absolute atomic E-state index is 12.8. The third kappa shape index (κ3) is 4.25. The molecule has 1 aromatic carbocycles. The second kappa shape index (κ2) is 8.24. The van der Waals surface area contributed by atoms with Gasteiger partial charge in [0.25, 0.3) is 11.7 Å². The molecule has 1 aliphatic heterocycles. The van der Waals surface area contributed by atoms with E-state index in [1.165, 1.54) is 18.2 Å². The monoisotopic (exact) mass is 431 g/mol. The zero-order chi connectivity index (χ0) is 20.5. The molecule has 2 N–H and O–H groups in total. The van der Waals surface area contributed by atoms with E-state index in [4.69, 9.17) is 11.6 Å². The third-order valence-electron chi connectivity index (χ3n) is 5.12. The van der Waals surface area contributed by atoms with Crippen LogP contribution in [0.4, 0.5) is 19.3 Å². The summed E-state index contributed by atoms with van der Waals surface area (Å²) in [5, 5.41) is 5.29. The number of benzene rings is 1. The van der Waals surface area contributed by atoms with Crippen molar-refractivity contribution in [2.75, 3.05) is 11.9 Å². The lowest BCUT2D eigenvalue weighted by molar-refractivity contribution is -0.135. The molecule has 1 saturated heterocycles. The van der Waals surface area contributed by atoms with Crippen LogP contribution in [-0.4, -0.2) is 40.6 Å². The Kier molecular flexibility index (Phi) is 6.14. The van der Waals surface area contributed by atoms with E-state index < -0.39 is 35.7 Å². The first-order chi connectivity index (χ1) is 13.2. The van der Waals surface area contributed by atoms with Crippen LogP contribution in [0, 0.1) is 5.92 Å². The lowest BCUT2D eigenvalue weighted by Crippen LogP contribution is -2.49. The molecule has 152 valence electrons. The molecule has 4 amide bonds.